The maximum atomic E-state index is 3.79. The molecule has 1 aliphatic heterocycles. The van der Waals surface area contributed by atoms with Crippen LogP contribution in [0.4, 0.5) is 0 Å². The van der Waals surface area contributed by atoms with E-state index in [-0.39, 0.29) is 0 Å². The van der Waals surface area contributed by atoms with Gasteiger partial charge in [0.15, 0.2) is 0 Å². The first-order valence-corrected chi connectivity index (χ1v) is 9.25. The van der Waals surface area contributed by atoms with Crippen molar-refractivity contribution in [1.82, 2.24) is 15.1 Å². The van der Waals surface area contributed by atoms with E-state index in [2.05, 4.69) is 42.8 Å². The topological polar surface area (TPSA) is 18.5 Å². The molecule has 3 heteroatoms. The summed E-state index contributed by atoms with van der Waals surface area (Å²) in [5.74, 6) is 0.796. The number of nitrogens with one attached hydrogen (secondary N) is 1. The highest BCUT2D eigenvalue weighted by Crippen LogP contribution is 2.29. The zero-order valence-corrected chi connectivity index (χ0v) is 14.8. The van der Waals surface area contributed by atoms with Crippen molar-refractivity contribution < 1.29 is 0 Å². The predicted molar refractivity (Wildman–Crippen MR) is 91.8 cm³/mol. The van der Waals surface area contributed by atoms with Gasteiger partial charge in [-0.15, -0.1) is 0 Å². The fraction of sp³-hybridized carbons (Fsp3) is 1.00. The van der Waals surface area contributed by atoms with Crippen LogP contribution in [-0.2, 0) is 0 Å². The Morgan fingerprint density at radius 1 is 1.00 bits per heavy atom. The van der Waals surface area contributed by atoms with Gasteiger partial charge in [0.1, 0.15) is 0 Å². The van der Waals surface area contributed by atoms with Crippen LogP contribution in [-0.4, -0.2) is 61.7 Å². The smallest absolute Gasteiger partial charge is 0.0110 e. The van der Waals surface area contributed by atoms with Gasteiger partial charge in [0, 0.05) is 51.9 Å². The van der Waals surface area contributed by atoms with Crippen LogP contribution in [0.3, 0.4) is 0 Å². The molecule has 1 saturated heterocycles. The molecule has 1 aliphatic carbocycles. The summed E-state index contributed by atoms with van der Waals surface area (Å²) in [6.45, 7) is 18.2. The molecule has 21 heavy (non-hydrogen) atoms. The van der Waals surface area contributed by atoms with Crippen LogP contribution < -0.4 is 5.32 Å². The molecule has 1 saturated carbocycles. The first kappa shape index (κ1) is 17.2. The largest absolute Gasteiger partial charge is 0.313 e. The molecule has 0 aromatic rings. The van der Waals surface area contributed by atoms with Gasteiger partial charge in [-0.1, -0.05) is 27.7 Å². The molecular weight excluding hydrogens is 258 g/mol. The monoisotopic (exact) mass is 295 g/mol. The fourth-order valence-corrected chi connectivity index (χ4v) is 3.55. The van der Waals surface area contributed by atoms with E-state index in [1.807, 2.05) is 0 Å². The highest BCUT2D eigenvalue weighted by atomic mass is 15.3. The van der Waals surface area contributed by atoms with Gasteiger partial charge in [-0.2, -0.15) is 0 Å². The Bertz CT molecular complexity index is 287. The number of hydrogen-bond acceptors (Lipinski definition) is 3. The lowest BCUT2D eigenvalue weighted by atomic mass is 9.81. The van der Waals surface area contributed by atoms with Gasteiger partial charge in [-0.3, -0.25) is 0 Å². The molecule has 1 N–H and O–H groups in total. The summed E-state index contributed by atoms with van der Waals surface area (Å²) in [5, 5.41) is 3.79. The molecule has 124 valence electrons. The highest BCUT2D eigenvalue weighted by molar-refractivity contribution is 4.89. The molecule has 0 amide bonds. The molecule has 2 aliphatic rings. The molecule has 3 nitrogen and oxygen atoms in total. The normalized spacial score (nSPS) is 22.1. The van der Waals surface area contributed by atoms with Crippen LogP contribution in [0.5, 0.6) is 0 Å². The first-order valence-electron chi connectivity index (χ1n) is 9.25. The fourth-order valence-electron chi connectivity index (χ4n) is 3.55. The minimum absolute atomic E-state index is 0.489. The van der Waals surface area contributed by atoms with E-state index < -0.39 is 0 Å². The Morgan fingerprint density at radius 2 is 1.57 bits per heavy atom. The molecule has 0 aromatic carbocycles. The summed E-state index contributed by atoms with van der Waals surface area (Å²) >= 11 is 0. The summed E-state index contributed by atoms with van der Waals surface area (Å²) in [7, 11) is 0. The molecule has 0 bridgehead atoms. The van der Waals surface area contributed by atoms with Crippen LogP contribution in [0.15, 0.2) is 0 Å². The van der Waals surface area contributed by atoms with Crippen molar-refractivity contribution in [3.05, 3.63) is 0 Å². The molecule has 0 unspecified atom stereocenters. The quantitative estimate of drug-likeness (QED) is 0.706. The van der Waals surface area contributed by atoms with Gasteiger partial charge in [0.05, 0.1) is 0 Å². The van der Waals surface area contributed by atoms with Gasteiger partial charge in [-0.05, 0) is 37.0 Å². The predicted octanol–water partition coefficient (Wildman–Crippen LogP) is 2.82. The van der Waals surface area contributed by atoms with E-state index in [4.69, 9.17) is 0 Å². The summed E-state index contributed by atoms with van der Waals surface area (Å²) in [4.78, 5) is 5.36. The Kier molecular flexibility index (Phi) is 6.51. The van der Waals surface area contributed by atoms with Crippen molar-refractivity contribution in [2.24, 2.45) is 11.3 Å². The molecule has 0 aromatic heterocycles. The van der Waals surface area contributed by atoms with Gasteiger partial charge < -0.3 is 15.1 Å². The third kappa shape index (κ3) is 5.54. The molecule has 1 heterocycles. The first-order chi connectivity index (χ1) is 10.1. The molecule has 2 fully saturated rings. The number of nitrogens with zero attached hydrogens (tertiary/aromatic N) is 2. The molecule has 0 spiro atoms. The third-order valence-corrected chi connectivity index (χ3v) is 5.49. The Morgan fingerprint density at radius 3 is 2.05 bits per heavy atom. The number of hydrogen-bond donors (Lipinski definition) is 1. The van der Waals surface area contributed by atoms with Crippen molar-refractivity contribution in [3.63, 3.8) is 0 Å². The summed E-state index contributed by atoms with van der Waals surface area (Å²) in [5.41, 5.74) is 0.489. The van der Waals surface area contributed by atoms with Crippen LogP contribution in [0.2, 0.25) is 0 Å². The Labute approximate surface area is 132 Å². The maximum absolute atomic E-state index is 3.79. The molecule has 2 rings (SSSR count). The zero-order chi connectivity index (χ0) is 15.3. The second-order valence-electron chi connectivity index (χ2n) is 7.83. The lowest BCUT2D eigenvalue weighted by Crippen LogP contribution is -2.52. The minimum atomic E-state index is 0.489. The van der Waals surface area contributed by atoms with Gasteiger partial charge in [0.2, 0.25) is 0 Å². The lowest BCUT2D eigenvalue weighted by Gasteiger charge is -2.42. The van der Waals surface area contributed by atoms with E-state index >= 15 is 0 Å². The van der Waals surface area contributed by atoms with Gasteiger partial charge in [-0.25, -0.2) is 0 Å². The van der Waals surface area contributed by atoms with Crippen LogP contribution >= 0.6 is 0 Å². The van der Waals surface area contributed by atoms with E-state index in [9.17, 15) is 0 Å². The van der Waals surface area contributed by atoms with Crippen LogP contribution in [0.25, 0.3) is 0 Å². The third-order valence-electron chi connectivity index (χ3n) is 5.49. The zero-order valence-electron chi connectivity index (χ0n) is 14.8. The summed E-state index contributed by atoms with van der Waals surface area (Å²) in [6.07, 6.45) is 5.40. The van der Waals surface area contributed by atoms with Crippen molar-refractivity contribution in [2.75, 3.05) is 45.8 Å². The lowest BCUT2D eigenvalue weighted by molar-refractivity contribution is 0.0733. The van der Waals surface area contributed by atoms with Crippen molar-refractivity contribution in [3.8, 4) is 0 Å². The molecule has 0 radical (unpaired) electrons. The Hall–Kier alpha value is -0.120. The minimum Gasteiger partial charge on any atom is -0.313 e. The Balaban J connectivity index is 1.77. The van der Waals surface area contributed by atoms with Crippen LogP contribution in [0, 0.1) is 11.3 Å². The van der Waals surface area contributed by atoms with E-state index in [0.717, 1.165) is 12.0 Å². The van der Waals surface area contributed by atoms with Gasteiger partial charge in [0.25, 0.3) is 0 Å². The van der Waals surface area contributed by atoms with Crippen molar-refractivity contribution in [1.29, 1.82) is 0 Å². The number of piperazine rings is 1. The van der Waals surface area contributed by atoms with Gasteiger partial charge >= 0.3 is 0 Å². The molecule has 0 atom stereocenters. The molecular formula is C18H37N3. The standard InChI is InChI=1S/C18H37N3/c1-5-18(6-2,14-19-17-7-8-17)15-21-11-9-20(10-12-21)13-16(3)4/h16-17,19H,5-15H2,1-4H3. The second-order valence-corrected chi connectivity index (χ2v) is 7.83. The van der Waals surface area contributed by atoms with E-state index in [1.165, 1.54) is 71.5 Å². The van der Waals surface area contributed by atoms with Crippen molar-refractivity contribution >= 4 is 0 Å². The van der Waals surface area contributed by atoms with Crippen molar-refractivity contribution in [2.45, 2.75) is 59.4 Å². The maximum Gasteiger partial charge on any atom is 0.0110 e. The average molecular weight is 296 g/mol. The average Bonchev–Trinajstić information content (AvgIpc) is 3.29. The van der Waals surface area contributed by atoms with E-state index in [1.54, 1.807) is 0 Å². The highest BCUT2D eigenvalue weighted by Gasteiger charge is 2.32. The number of rotatable bonds is 9. The summed E-state index contributed by atoms with van der Waals surface area (Å²) in [6, 6.07) is 0.838. The SMILES string of the molecule is CCC(CC)(CNC1CC1)CN1CCN(CC(C)C)CC1. The summed E-state index contributed by atoms with van der Waals surface area (Å²) < 4.78 is 0. The van der Waals surface area contributed by atoms with Crippen LogP contribution in [0.1, 0.15) is 53.4 Å². The second kappa shape index (κ2) is 7.94. The van der Waals surface area contributed by atoms with E-state index in [0.29, 0.717) is 5.41 Å².